The minimum atomic E-state index is -4.31. The molecule has 1 fully saturated rings. The lowest BCUT2D eigenvalue weighted by molar-refractivity contribution is -0.00528. The molecule has 37 heavy (non-hydrogen) atoms. The predicted molar refractivity (Wildman–Crippen MR) is 129 cm³/mol. The van der Waals surface area contributed by atoms with Gasteiger partial charge in [-0.2, -0.15) is 9.97 Å². The van der Waals surface area contributed by atoms with Crippen molar-refractivity contribution >= 4 is 30.5 Å². The summed E-state index contributed by atoms with van der Waals surface area (Å²) in [5.41, 5.74) is 10.5. The molecule has 0 spiro atoms. The highest BCUT2D eigenvalue weighted by Gasteiger charge is 2.42. The van der Waals surface area contributed by atoms with Crippen molar-refractivity contribution < 1.29 is 34.4 Å². The van der Waals surface area contributed by atoms with Gasteiger partial charge in [0.1, 0.15) is 12.2 Å². The van der Waals surface area contributed by atoms with Crippen LogP contribution in [-0.2, 0) is 15.8 Å². The first kappa shape index (κ1) is 28.4. The predicted octanol–water partition coefficient (Wildman–Crippen LogP) is -2.80. The normalized spacial score (nSPS) is 20.2. The highest BCUT2D eigenvalue weighted by molar-refractivity contribution is 7.51. The molecule has 0 unspecified atom stereocenters. The summed E-state index contributed by atoms with van der Waals surface area (Å²) in [6.45, 7) is -0.543. The van der Waals surface area contributed by atoms with E-state index in [4.69, 9.17) is 31.1 Å². The van der Waals surface area contributed by atoms with Gasteiger partial charge >= 0.3 is 13.3 Å². The highest BCUT2D eigenvalue weighted by Crippen LogP contribution is 2.44. The van der Waals surface area contributed by atoms with E-state index in [0.29, 0.717) is 5.65 Å². The fourth-order valence-corrected chi connectivity index (χ4v) is 4.34. The van der Waals surface area contributed by atoms with Gasteiger partial charge in [-0.05, 0) is 18.4 Å². The van der Waals surface area contributed by atoms with E-state index < -0.39 is 32.3 Å². The number of hydrogen-bond donors (Lipinski definition) is 8. The maximum Gasteiger partial charge on any atom is 0.350 e. The summed E-state index contributed by atoms with van der Waals surface area (Å²) in [6, 6.07) is 1.37. The van der Waals surface area contributed by atoms with Gasteiger partial charge in [0.2, 0.25) is 5.95 Å². The summed E-state index contributed by atoms with van der Waals surface area (Å²) < 4.78 is 18.3. The van der Waals surface area contributed by atoms with Crippen LogP contribution in [-0.4, -0.2) is 86.4 Å². The van der Waals surface area contributed by atoms with E-state index in [9.17, 15) is 24.4 Å². The van der Waals surface area contributed by atoms with Crippen LogP contribution in [0.5, 0.6) is 0 Å². The lowest BCUT2D eigenvalue weighted by atomic mass is 9.70. The van der Waals surface area contributed by atoms with Gasteiger partial charge in [-0.25, -0.2) is 9.78 Å². The van der Waals surface area contributed by atoms with E-state index in [2.05, 4.69) is 19.9 Å². The van der Waals surface area contributed by atoms with Gasteiger partial charge in [0.15, 0.2) is 11.2 Å². The number of nitrogens with two attached hydrogens (primary N) is 2. The molecule has 10 N–H and O–H groups in total. The summed E-state index contributed by atoms with van der Waals surface area (Å²) in [5.74, 6) is 0.127. The average molecular weight is 544 g/mol. The third-order valence-corrected chi connectivity index (χ3v) is 6.36. The second kappa shape index (κ2) is 11.9. The van der Waals surface area contributed by atoms with Crippen LogP contribution in [0.1, 0.15) is 12.5 Å². The number of nitrogens with zero attached hydrogens (tertiary/aromatic N) is 5. The summed E-state index contributed by atoms with van der Waals surface area (Å²) in [6.07, 6.45) is 1.87. The van der Waals surface area contributed by atoms with Gasteiger partial charge in [-0.1, -0.05) is 0 Å². The van der Waals surface area contributed by atoms with E-state index in [1.165, 1.54) is 18.6 Å². The number of aliphatic hydroxyl groups is 3. The topological polar surface area (TPSA) is 278 Å². The first-order chi connectivity index (χ1) is 17.5. The third kappa shape index (κ3) is 6.98. The standard InChI is InChI=1S/C11H15N5O3.C8H14N3O6P/c12-11-14-9-8(10(19)15-11)13-4-16(9)7-1-5(2-17)6(7)3-18;9-7-1-2-11(8(13)10-7)3-6(4-12)17-5-18(14,15)16/h4-7,17-18H,1-3H2,(H3,12,14,15,19);1-2,6,12H,3-5H2,(H2,9,10,13)(H2,14,15,16)/t5-,6-,7-;6-/m10/s1. The second-order valence-corrected chi connectivity index (χ2v) is 10.0. The van der Waals surface area contributed by atoms with Crippen molar-refractivity contribution in [3.05, 3.63) is 39.4 Å². The molecule has 0 aliphatic heterocycles. The molecular weight excluding hydrogens is 515 g/mol. The number of aromatic nitrogens is 6. The summed E-state index contributed by atoms with van der Waals surface area (Å²) in [5, 5.41) is 27.5. The Balaban J connectivity index is 0.000000206. The summed E-state index contributed by atoms with van der Waals surface area (Å²) in [4.78, 5) is 54.3. The van der Waals surface area contributed by atoms with E-state index >= 15 is 0 Å². The highest BCUT2D eigenvalue weighted by atomic mass is 31.2. The van der Waals surface area contributed by atoms with Crippen molar-refractivity contribution in [1.29, 1.82) is 0 Å². The van der Waals surface area contributed by atoms with Crippen LogP contribution in [0.4, 0.5) is 11.8 Å². The van der Waals surface area contributed by atoms with Crippen molar-refractivity contribution in [1.82, 2.24) is 29.1 Å². The van der Waals surface area contributed by atoms with Crippen LogP contribution in [0.15, 0.2) is 28.2 Å². The molecule has 3 aromatic heterocycles. The van der Waals surface area contributed by atoms with Crippen molar-refractivity contribution in [3.8, 4) is 0 Å². The van der Waals surface area contributed by atoms with Gasteiger partial charge in [-0.15, -0.1) is 0 Å². The van der Waals surface area contributed by atoms with Crippen molar-refractivity contribution in [2.45, 2.75) is 25.1 Å². The number of aliphatic hydroxyl groups excluding tert-OH is 3. The Morgan fingerprint density at radius 1 is 1.19 bits per heavy atom. The number of imidazole rings is 1. The largest absolute Gasteiger partial charge is 0.396 e. The molecule has 1 saturated carbocycles. The van der Waals surface area contributed by atoms with Gasteiger partial charge in [0.25, 0.3) is 5.56 Å². The number of fused-ring (bicyclic) bond motifs is 1. The zero-order valence-corrected chi connectivity index (χ0v) is 20.4. The fraction of sp³-hybridized carbons (Fsp3) is 0.526. The molecule has 3 heterocycles. The number of H-pyrrole nitrogens is 1. The molecule has 1 aliphatic carbocycles. The number of nitrogen functional groups attached to an aromatic ring is 2. The maximum atomic E-state index is 11.7. The molecule has 17 nitrogen and oxygen atoms in total. The molecule has 4 rings (SSSR count). The Morgan fingerprint density at radius 2 is 1.92 bits per heavy atom. The molecule has 0 amide bonds. The van der Waals surface area contributed by atoms with Crippen LogP contribution in [0.3, 0.4) is 0 Å². The molecule has 1 aliphatic rings. The van der Waals surface area contributed by atoms with Crippen LogP contribution in [0.25, 0.3) is 11.2 Å². The Bertz CT molecular complexity index is 1370. The van der Waals surface area contributed by atoms with E-state index in [-0.39, 0.29) is 60.5 Å². The lowest BCUT2D eigenvalue weighted by Crippen LogP contribution is -2.42. The molecule has 0 radical (unpaired) electrons. The minimum absolute atomic E-state index is 0.0131. The molecule has 204 valence electrons. The van der Waals surface area contributed by atoms with Crippen LogP contribution in [0.2, 0.25) is 0 Å². The van der Waals surface area contributed by atoms with E-state index in [1.807, 2.05) is 0 Å². The maximum absolute atomic E-state index is 11.7. The van der Waals surface area contributed by atoms with Crippen molar-refractivity contribution in [2.24, 2.45) is 11.8 Å². The fourth-order valence-electron chi connectivity index (χ4n) is 3.93. The molecule has 0 saturated heterocycles. The lowest BCUT2D eigenvalue weighted by Gasteiger charge is -2.43. The smallest absolute Gasteiger partial charge is 0.350 e. The Morgan fingerprint density at radius 3 is 2.51 bits per heavy atom. The first-order valence-electron chi connectivity index (χ1n) is 11.0. The average Bonchev–Trinajstić information content (AvgIpc) is 3.21. The second-order valence-electron chi connectivity index (χ2n) is 8.42. The number of hydrogen-bond acceptors (Lipinski definition) is 12. The van der Waals surface area contributed by atoms with Crippen LogP contribution < -0.4 is 22.7 Å². The minimum Gasteiger partial charge on any atom is -0.396 e. The molecule has 0 aromatic carbocycles. The Labute approximate surface area is 208 Å². The monoisotopic (exact) mass is 544 g/mol. The summed E-state index contributed by atoms with van der Waals surface area (Å²) >= 11 is 0. The number of aromatic amines is 1. The molecule has 18 heteroatoms. The van der Waals surface area contributed by atoms with Crippen molar-refractivity contribution in [2.75, 3.05) is 37.6 Å². The van der Waals surface area contributed by atoms with Crippen molar-refractivity contribution in [3.63, 3.8) is 0 Å². The Hall–Kier alpha value is -3.18. The van der Waals surface area contributed by atoms with E-state index in [0.717, 1.165) is 11.0 Å². The number of anilines is 2. The first-order valence-corrected chi connectivity index (χ1v) is 12.8. The number of nitrogens with one attached hydrogen (secondary N) is 1. The molecule has 0 bridgehead atoms. The summed E-state index contributed by atoms with van der Waals surface area (Å²) in [7, 11) is -4.31. The van der Waals surface area contributed by atoms with Gasteiger partial charge < -0.3 is 45.9 Å². The Kier molecular flexibility index (Phi) is 9.14. The third-order valence-electron chi connectivity index (χ3n) is 5.88. The van der Waals surface area contributed by atoms with Gasteiger partial charge in [0.05, 0.1) is 25.6 Å². The number of rotatable bonds is 9. The van der Waals surface area contributed by atoms with Crippen LogP contribution in [0, 0.1) is 11.8 Å². The molecule has 4 atom stereocenters. The van der Waals surface area contributed by atoms with Gasteiger partial charge in [-0.3, -0.25) is 18.9 Å². The van der Waals surface area contributed by atoms with Gasteiger partial charge in [0, 0.05) is 31.4 Å². The quantitative estimate of drug-likeness (QED) is 0.126. The number of ether oxygens (including phenoxy) is 1. The molecule has 3 aromatic rings. The SMILES string of the molecule is Nc1ccn(C[C@@H](CO)OCP(=O)(O)O)c(=O)n1.Nc1nc2c(ncn2[C@@H]2C[C@H](CO)[C@H]2CO)c(=O)[nH]1. The van der Waals surface area contributed by atoms with E-state index in [1.54, 1.807) is 4.57 Å². The molecular formula is C19H29N8O9P. The van der Waals surface area contributed by atoms with Crippen LogP contribution >= 0.6 is 7.60 Å². The zero-order chi connectivity index (χ0) is 27.3. The zero-order valence-electron chi connectivity index (χ0n) is 19.5.